The molecule has 2 heterocycles. The number of nitrogens with zero attached hydrogens (tertiary/aromatic N) is 2. The van der Waals surface area contributed by atoms with Crippen LogP contribution < -0.4 is 30.6 Å². The zero-order valence-corrected chi connectivity index (χ0v) is 15.7. The smallest absolute Gasteiger partial charge is 0.231 e. The van der Waals surface area contributed by atoms with Crippen LogP contribution in [0.1, 0.15) is 5.56 Å². The number of fused-ring (bicyclic) bond motifs is 1. The highest BCUT2D eigenvalue weighted by molar-refractivity contribution is 5.70. The molecule has 2 aromatic carbocycles. The Labute approximate surface area is 162 Å². The van der Waals surface area contributed by atoms with Crippen molar-refractivity contribution in [3.8, 4) is 28.5 Å². The van der Waals surface area contributed by atoms with E-state index in [2.05, 4.69) is 20.6 Å². The van der Waals surface area contributed by atoms with E-state index >= 15 is 0 Å². The van der Waals surface area contributed by atoms with Crippen molar-refractivity contribution in [3.05, 3.63) is 48.0 Å². The number of hydrogen-bond acceptors (Lipinski definition) is 8. The molecule has 0 saturated heterocycles. The minimum Gasteiger partial charge on any atom is -0.495 e. The van der Waals surface area contributed by atoms with E-state index in [-0.39, 0.29) is 12.7 Å². The lowest BCUT2D eigenvalue weighted by Gasteiger charge is -2.12. The number of nitrogens with one attached hydrogen (secondary N) is 2. The van der Waals surface area contributed by atoms with Crippen LogP contribution in [0.15, 0.2) is 42.5 Å². The zero-order valence-electron chi connectivity index (χ0n) is 15.7. The molecular weight excluding hydrogens is 358 g/mol. The third-order valence-electron chi connectivity index (χ3n) is 4.42. The molecule has 1 aromatic heterocycles. The van der Waals surface area contributed by atoms with Crippen molar-refractivity contribution in [2.24, 2.45) is 0 Å². The molecule has 4 rings (SSSR count). The Bertz CT molecular complexity index is 1010. The van der Waals surface area contributed by atoms with Gasteiger partial charge >= 0.3 is 0 Å². The van der Waals surface area contributed by atoms with E-state index in [1.807, 2.05) is 49.5 Å². The van der Waals surface area contributed by atoms with Gasteiger partial charge in [0.1, 0.15) is 11.6 Å². The first kappa shape index (κ1) is 17.7. The summed E-state index contributed by atoms with van der Waals surface area (Å²) in [5, 5.41) is 6.37. The molecule has 0 atom stereocenters. The normalized spacial score (nSPS) is 11.9. The van der Waals surface area contributed by atoms with Crippen LogP contribution in [0.4, 0.5) is 17.5 Å². The van der Waals surface area contributed by atoms with Crippen molar-refractivity contribution in [1.82, 2.24) is 9.97 Å². The second-order valence-corrected chi connectivity index (χ2v) is 6.20. The topological polar surface area (TPSA) is 104 Å². The van der Waals surface area contributed by atoms with Crippen molar-refractivity contribution in [2.45, 2.75) is 6.54 Å². The van der Waals surface area contributed by atoms with E-state index in [9.17, 15) is 0 Å². The molecule has 144 valence electrons. The highest BCUT2D eigenvalue weighted by atomic mass is 16.7. The Morgan fingerprint density at radius 1 is 1.07 bits per heavy atom. The highest BCUT2D eigenvalue weighted by Gasteiger charge is 2.13. The van der Waals surface area contributed by atoms with E-state index < -0.39 is 0 Å². The molecule has 0 fully saturated rings. The summed E-state index contributed by atoms with van der Waals surface area (Å²) in [6, 6.07) is 13.5. The van der Waals surface area contributed by atoms with Crippen molar-refractivity contribution in [3.63, 3.8) is 0 Å². The Balaban J connectivity index is 1.55. The summed E-state index contributed by atoms with van der Waals surface area (Å²) in [4.78, 5) is 8.63. The summed E-state index contributed by atoms with van der Waals surface area (Å²) < 4.78 is 16.2. The van der Waals surface area contributed by atoms with Gasteiger partial charge in [-0.05, 0) is 29.8 Å². The quantitative estimate of drug-likeness (QED) is 0.600. The number of hydrogen-bond donors (Lipinski definition) is 3. The minimum absolute atomic E-state index is 0.197. The number of aromatic nitrogens is 2. The second-order valence-electron chi connectivity index (χ2n) is 6.20. The molecule has 28 heavy (non-hydrogen) atoms. The van der Waals surface area contributed by atoms with Crippen molar-refractivity contribution < 1.29 is 14.2 Å². The Kier molecular flexibility index (Phi) is 4.76. The van der Waals surface area contributed by atoms with Gasteiger partial charge in [-0.1, -0.05) is 12.1 Å². The average molecular weight is 379 g/mol. The molecule has 0 amide bonds. The Hall–Kier alpha value is -3.68. The number of nitrogen functional groups attached to an aromatic ring is 1. The Morgan fingerprint density at radius 3 is 2.75 bits per heavy atom. The van der Waals surface area contributed by atoms with Gasteiger partial charge in [0.15, 0.2) is 11.5 Å². The van der Waals surface area contributed by atoms with Gasteiger partial charge in [-0.15, -0.1) is 0 Å². The first-order valence-electron chi connectivity index (χ1n) is 8.79. The van der Waals surface area contributed by atoms with E-state index in [0.29, 0.717) is 18.1 Å². The molecule has 0 bridgehead atoms. The van der Waals surface area contributed by atoms with Gasteiger partial charge < -0.3 is 30.6 Å². The largest absolute Gasteiger partial charge is 0.495 e. The van der Waals surface area contributed by atoms with Gasteiger partial charge in [0.05, 0.1) is 18.5 Å². The SMILES string of the molecule is CNc1ccc(-c2cc(NCc3ccc4c(c3)OCO4)nc(N)n2)cc1OC. The third-order valence-corrected chi connectivity index (χ3v) is 4.42. The molecule has 4 N–H and O–H groups in total. The summed E-state index contributed by atoms with van der Waals surface area (Å²) in [6.45, 7) is 0.822. The van der Waals surface area contributed by atoms with Crippen LogP contribution >= 0.6 is 0 Å². The van der Waals surface area contributed by atoms with Crippen LogP contribution in [0, 0.1) is 0 Å². The number of nitrogens with two attached hydrogens (primary N) is 1. The fourth-order valence-electron chi connectivity index (χ4n) is 3.00. The fourth-order valence-corrected chi connectivity index (χ4v) is 3.00. The van der Waals surface area contributed by atoms with Gasteiger partial charge in [0.25, 0.3) is 0 Å². The van der Waals surface area contributed by atoms with Crippen molar-refractivity contribution >= 4 is 17.5 Å². The summed E-state index contributed by atoms with van der Waals surface area (Å²) in [7, 11) is 3.48. The maximum absolute atomic E-state index is 5.92. The van der Waals surface area contributed by atoms with Crippen LogP contribution in [0.3, 0.4) is 0 Å². The summed E-state index contributed by atoms with van der Waals surface area (Å²) in [5.41, 5.74) is 9.46. The Morgan fingerprint density at radius 2 is 1.93 bits per heavy atom. The molecule has 0 aliphatic carbocycles. The van der Waals surface area contributed by atoms with Crippen LogP contribution in [0.2, 0.25) is 0 Å². The maximum atomic E-state index is 5.92. The van der Waals surface area contributed by atoms with Gasteiger partial charge in [0, 0.05) is 25.2 Å². The van der Waals surface area contributed by atoms with E-state index in [1.54, 1.807) is 7.11 Å². The first-order valence-corrected chi connectivity index (χ1v) is 8.79. The number of rotatable bonds is 6. The second kappa shape index (κ2) is 7.51. The third kappa shape index (κ3) is 3.57. The monoisotopic (exact) mass is 379 g/mol. The van der Waals surface area contributed by atoms with E-state index in [0.717, 1.165) is 34.1 Å². The molecule has 1 aliphatic rings. The summed E-state index contributed by atoms with van der Waals surface area (Å²) >= 11 is 0. The lowest BCUT2D eigenvalue weighted by molar-refractivity contribution is 0.174. The molecule has 8 nitrogen and oxygen atoms in total. The lowest BCUT2D eigenvalue weighted by Crippen LogP contribution is -2.05. The number of anilines is 3. The fraction of sp³-hybridized carbons (Fsp3) is 0.200. The molecule has 8 heteroatoms. The lowest BCUT2D eigenvalue weighted by atomic mass is 10.1. The molecule has 0 spiro atoms. The predicted molar refractivity (Wildman–Crippen MR) is 108 cm³/mol. The molecule has 0 saturated carbocycles. The van der Waals surface area contributed by atoms with Crippen LogP contribution in [0.5, 0.6) is 17.2 Å². The maximum Gasteiger partial charge on any atom is 0.231 e. The standard InChI is InChI=1S/C20H21N5O3/c1-22-14-5-4-13(8-17(14)26-2)15-9-19(25-20(21)24-15)23-10-12-3-6-16-18(7-12)28-11-27-16/h3-9,22H,10-11H2,1-2H3,(H3,21,23,24,25). The summed E-state index contributed by atoms with van der Waals surface area (Å²) in [5.74, 6) is 3.07. The van der Waals surface area contributed by atoms with Gasteiger partial charge in [-0.25, -0.2) is 4.98 Å². The van der Waals surface area contributed by atoms with Crippen molar-refractivity contribution in [2.75, 3.05) is 37.3 Å². The molecule has 1 aliphatic heterocycles. The van der Waals surface area contributed by atoms with Crippen molar-refractivity contribution in [1.29, 1.82) is 0 Å². The zero-order chi connectivity index (χ0) is 19.5. The number of ether oxygens (including phenoxy) is 3. The van der Waals surface area contributed by atoms with Gasteiger partial charge in [0.2, 0.25) is 12.7 Å². The van der Waals surface area contributed by atoms with Crippen LogP contribution in [-0.4, -0.2) is 30.9 Å². The molecular formula is C20H21N5O3. The van der Waals surface area contributed by atoms with Gasteiger partial charge in [-0.2, -0.15) is 4.98 Å². The molecule has 0 radical (unpaired) electrons. The van der Waals surface area contributed by atoms with Gasteiger partial charge in [-0.3, -0.25) is 0 Å². The van der Waals surface area contributed by atoms with E-state index in [4.69, 9.17) is 19.9 Å². The minimum atomic E-state index is 0.197. The van der Waals surface area contributed by atoms with Crippen LogP contribution in [-0.2, 0) is 6.54 Å². The first-order chi connectivity index (χ1) is 13.7. The highest BCUT2D eigenvalue weighted by Crippen LogP contribution is 2.33. The average Bonchev–Trinajstić information content (AvgIpc) is 3.19. The molecule has 0 unspecified atom stereocenters. The van der Waals surface area contributed by atoms with E-state index in [1.165, 1.54) is 0 Å². The van der Waals surface area contributed by atoms with Crippen LogP contribution in [0.25, 0.3) is 11.3 Å². The predicted octanol–water partition coefficient (Wildman–Crippen LogP) is 3.12. The number of methoxy groups -OCH3 is 1. The molecule has 3 aromatic rings. The number of benzene rings is 2. The summed E-state index contributed by atoms with van der Waals surface area (Å²) in [6.07, 6.45) is 0.